The van der Waals surface area contributed by atoms with Gasteiger partial charge in [-0.1, -0.05) is 45.0 Å². The molecule has 0 spiro atoms. The molecule has 1 aliphatic heterocycles. The van der Waals surface area contributed by atoms with Gasteiger partial charge in [-0.05, 0) is 30.4 Å². The van der Waals surface area contributed by atoms with Gasteiger partial charge in [-0.15, -0.1) is 0 Å². The van der Waals surface area contributed by atoms with Crippen LogP contribution in [0.1, 0.15) is 45.7 Å². The molecule has 1 N–H and O–H groups in total. The molecule has 1 aliphatic rings. The minimum atomic E-state index is -0.755. The third kappa shape index (κ3) is 2.08. The summed E-state index contributed by atoms with van der Waals surface area (Å²) in [6.45, 7) is 11.6. The first-order chi connectivity index (χ1) is 8.17. The predicted molar refractivity (Wildman–Crippen MR) is 73.9 cm³/mol. The van der Waals surface area contributed by atoms with E-state index < -0.39 is 5.60 Å². The molecular weight excluding hydrogens is 224 g/mol. The SMILES string of the molecule is CC(C)(C)c1ccc(C2(C(C)(C)O)COC2)cc1. The molecule has 2 heteroatoms. The van der Waals surface area contributed by atoms with Crippen LogP contribution in [0.25, 0.3) is 0 Å². The second kappa shape index (κ2) is 4.07. The highest BCUT2D eigenvalue weighted by Gasteiger charge is 2.51. The Hall–Kier alpha value is -0.860. The molecule has 0 atom stereocenters. The Balaban J connectivity index is 2.35. The quantitative estimate of drug-likeness (QED) is 0.871. The summed E-state index contributed by atoms with van der Waals surface area (Å²) in [6.07, 6.45) is 0. The van der Waals surface area contributed by atoms with Crippen LogP contribution in [-0.4, -0.2) is 23.9 Å². The minimum Gasteiger partial charge on any atom is -0.389 e. The van der Waals surface area contributed by atoms with Crippen molar-refractivity contribution in [3.63, 3.8) is 0 Å². The molecular formula is C16H24O2. The fourth-order valence-corrected chi connectivity index (χ4v) is 2.47. The molecule has 0 amide bonds. The molecule has 0 unspecified atom stereocenters. The fraction of sp³-hybridized carbons (Fsp3) is 0.625. The molecule has 100 valence electrons. The lowest BCUT2D eigenvalue weighted by atomic mass is 9.67. The second-order valence-electron chi connectivity index (χ2n) is 6.96. The zero-order valence-corrected chi connectivity index (χ0v) is 12.1. The van der Waals surface area contributed by atoms with E-state index in [-0.39, 0.29) is 10.8 Å². The lowest BCUT2D eigenvalue weighted by Gasteiger charge is -2.50. The summed E-state index contributed by atoms with van der Waals surface area (Å²) < 4.78 is 5.36. The number of rotatable bonds is 2. The van der Waals surface area contributed by atoms with Crippen LogP contribution in [0.3, 0.4) is 0 Å². The maximum absolute atomic E-state index is 10.4. The highest BCUT2D eigenvalue weighted by atomic mass is 16.5. The first-order valence-corrected chi connectivity index (χ1v) is 6.58. The topological polar surface area (TPSA) is 29.5 Å². The number of aliphatic hydroxyl groups is 1. The molecule has 1 saturated heterocycles. The van der Waals surface area contributed by atoms with E-state index in [0.717, 1.165) is 0 Å². The number of hydrogen-bond acceptors (Lipinski definition) is 2. The van der Waals surface area contributed by atoms with E-state index >= 15 is 0 Å². The van der Waals surface area contributed by atoms with Gasteiger partial charge in [-0.25, -0.2) is 0 Å². The van der Waals surface area contributed by atoms with Crippen LogP contribution >= 0.6 is 0 Å². The molecule has 0 saturated carbocycles. The van der Waals surface area contributed by atoms with Crippen LogP contribution in [0.15, 0.2) is 24.3 Å². The fourth-order valence-electron chi connectivity index (χ4n) is 2.47. The maximum atomic E-state index is 10.4. The van der Waals surface area contributed by atoms with Gasteiger partial charge >= 0.3 is 0 Å². The first-order valence-electron chi connectivity index (χ1n) is 6.58. The third-order valence-electron chi connectivity index (χ3n) is 4.17. The molecule has 0 radical (unpaired) electrons. The first kappa shape index (κ1) is 13.6. The number of benzene rings is 1. The van der Waals surface area contributed by atoms with Gasteiger partial charge in [0, 0.05) is 0 Å². The normalized spacial score (nSPS) is 19.4. The van der Waals surface area contributed by atoms with Crippen molar-refractivity contribution in [3.8, 4) is 0 Å². The summed E-state index contributed by atoms with van der Waals surface area (Å²) >= 11 is 0. The Labute approximate surface area is 110 Å². The molecule has 0 aromatic heterocycles. The summed E-state index contributed by atoms with van der Waals surface area (Å²) in [5, 5.41) is 10.4. The monoisotopic (exact) mass is 248 g/mol. The van der Waals surface area contributed by atoms with E-state index in [4.69, 9.17) is 4.74 Å². The van der Waals surface area contributed by atoms with Crippen LogP contribution in [0.5, 0.6) is 0 Å². The molecule has 0 bridgehead atoms. The molecule has 1 heterocycles. The van der Waals surface area contributed by atoms with E-state index in [0.29, 0.717) is 13.2 Å². The molecule has 2 nitrogen and oxygen atoms in total. The van der Waals surface area contributed by atoms with E-state index in [2.05, 4.69) is 45.0 Å². The molecule has 1 aromatic carbocycles. The summed E-state index contributed by atoms with van der Waals surface area (Å²) in [7, 11) is 0. The standard InChI is InChI=1S/C16H24O2/c1-14(2,3)12-6-8-13(9-7-12)16(10-18-11-16)15(4,5)17/h6-9,17H,10-11H2,1-5H3. The molecule has 1 aromatic rings. The van der Waals surface area contributed by atoms with E-state index in [1.54, 1.807) is 0 Å². The Morgan fingerprint density at radius 1 is 1.00 bits per heavy atom. The Bertz CT molecular complexity index is 414. The van der Waals surface area contributed by atoms with Crippen LogP contribution in [0, 0.1) is 0 Å². The van der Waals surface area contributed by atoms with Crippen LogP contribution < -0.4 is 0 Å². The second-order valence-corrected chi connectivity index (χ2v) is 6.96. The summed E-state index contributed by atoms with van der Waals surface area (Å²) in [4.78, 5) is 0. The summed E-state index contributed by atoms with van der Waals surface area (Å²) in [5.74, 6) is 0. The molecule has 0 aliphatic carbocycles. The van der Waals surface area contributed by atoms with Crippen molar-refractivity contribution < 1.29 is 9.84 Å². The largest absolute Gasteiger partial charge is 0.389 e. The van der Waals surface area contributed by atoms with E-state index in [1.807, 2.05) is 13.8 Å². The van der Waals surface area contributed by atoms with Crippen molar-refractivity contribution in [1.82, 2.24) is 0 Å². The lowest BCUT2D eigenvalue weighted by Crippen LogP contribution is -2.60. The maximum Gasteiger partial charge on any atom is 0.0732 e. The van der Waals surface area contributed by atoms with Crippen molar-refractivity contribution in [1.29, 1.82) is 0 Å². The average Bonchev–Trinajstić information content (AvgIpc) is 2.12. The molecule has 18 heavy (non-hydrogen) atoms. The van der Waals surface area contributed by atoms with Gasteiger partial charge in [0.15, 0.2) is 0 Å². The van der Waals surface area contributed by atoms with Crippen molar-refractivity contribution in [2.75, 3.05) is 13.2 Å². The molecule has 1 fully saturated rings. The Morgan fingerprint density at radius 2 is 1.50 bits per heavy atom. The average molecular weight is 248 g/mol. The van der Waals surface area contributed by atoms with Gasteiger partial charge in [0.25, 0.3) is 0 Å². The summed E-state index contributed by atoms with van der Waals surface area (Å²) in [5.41, 5.74) is 1.65. The van der Waals surface area contributed by atoms with Gasteiger partial charge in [-0.3, -0.25) is 0 Å². The zero-order valence-electron chi connectivity index (χ0n) is 12.1. The van der Waals surface area contributed by atoms with E-state index in [1.165, 1.54) is 11.1 Å². The zero-order chi connectivity index (χ0) is 13.6. The van der Waals surface area contributed by atoms with Crippen molar-refractivity contribution in [3.05, 3.63) is 35.4 Å². The molecule has 2 rings (SSSR count). The van der Waals surface area contributed by atoms with Crippen LogP contribution in [0.2, 0.25) is 0 Å². The van der Waals surface area contributed by atoms with Gasteiger partial charge in [0.1, 0.15) is 0 Å². The minimum absolute atomic E-state index is 0.163. The van der Waals surface area contributed by atoms with Crippen LogP contribution in [0.4, 0.5) is 0 Å². The van der Waals surface area contributed by atoms with Gasteiger partial charge < -0.3 is 9.84 Å². The van der Waals surface area contributed by atoms with Crippen molar-refractivity contribution >= 4 is 0 Å². The summed E-state index contributed by atoms with van der Waals surface area (Å²) in [6, 6.07) is 8.62. The highest BCUT2D eigenvalue weighted by molar-refractivity contribution is 5.36. The Kier molecular flexibility index (Phi) is 3.07. The van der Waals surface area contributed by atoms with Gasteiger partial charge in [-0.2, -0.15) is 0 Å². The third-order valence-corrected chi connectivity index (χ3v) is 4.17. The lowest BCUT2D eigenvalue weighted by molar-refractivity contribution is -0.157. The van der Waals surface area contributed by atoms with Gasteiger partial charge in [0.2, 0.25) is 0 Å². The predicted octanol–water partition coefficient (Wildman–Crippen LogP) is 3.02. The van der Waals surface area contributed by atoms with E-state index in [9.17, 15) is 5.11 Å². The number of hydrogen-bond donors (Lipinski definition) is 1. The van der Waals surface area contributed by atoms with Crippen molar-refractivity contribution in [2.45, 2.75) is 51.0 Å². The van der Waals surface area contributed by atoms with Gasteiger partial charge in [0.05, 0.1) is 24.2 Å². The number of ether oxygens (including phenoxy) is 1. The highest BCUT2D eigenvalue weighted by Crippen LogP contribution is 2.42. The Morgan fingerprint density at radius 3 is 1.78 bits per heavy atom. The smallest absolute Gasteiger partial charge is 0.0732 e. The van der Waals surface area contributed by atoms with Crippen LogP contribution in [-0.2, 0) is 15.6 Å². The van der Waals surface area contributed by atoms with Crippen molar-refractivity contribution in [2.24, 2.45) is 0 Å².